The van der Waals surface area contributed by atoms with Crippen LogP contribution in [-0.4, -0.2) is 22.7 Å². The summed E-state index contributed by atoms with van der Waals surface area (Å²) in [6.07, 6.45) is 1.62. The van der Waals surface area contributed by atoms with Crippen molar-refractivity contribution in [3.05, 3.63) is 66.4 Å². The Morgan fingerprint density at radius 3 is 2.71 bits per heavy atom. The number of para-hydroxylation sites is 1. The van der Waals surface area contributed by atoms with Crippen molar-refractivity contribution in [2.45, 2.75) is 6.61 Å². The number of aromatic amines is 1. The van der Waals surface area contributed by atoms with E-state index in [4.69, 9.17) is 0 Å². The normalized spacial score (nSPS) is 10.6. The van der Waals surface area contributed by atoms with E-state index in [0.29, 0.717) is 5.69 Å². The van der Waals surface area contributed by atoms with E-state index >= 15 is 0 Å². The van der Waals surface area contributed by atoms with E-state index in [1.54, 1.807) is 36.5 Å². The molecule has 2 aromatic carbocycles. The minimum Gasteiger partial charge on any atom is -0.434 e. The van der Waals surface area contributed by atoms with Crippen molar-refractivity contribution in [2.24, 2.45) is 0 Å². The SMILES string of the molecule is O=C(Nc1cccc(-c2ccn[nH]2)c1)c1ccccc1OC(F)F. The van der Waals surface area contributed by atoms with Crippen LogP contribution in [0.2, 0.25) is 0 Å². The summed E-state index contributed by atoms with van der Waals surface area (Å²) in [6.45, 7) is -3.00. The molecule has 3 rings (SSSR count). The number of amides is 1. The predicted molar refractivity (Wildman–Crippen MR) is 85.1 cm³/mol. The molecule has 5 nitrogen and oxygen atoms in total. The van der Waals surface area contributed by atoms with Crippen LogP contribution >= 0.6 is 0 Å². The first-order valence-corrected chi connectivity index (χ1v) is 7.08. The number of H-pyrrole nitrogens is 1. The van der Waals surface area contributed by atoms with Gasteiger partial charge in [-0.25, -0.2) is 0 Å². The molecule has 0 aliphatic rings. The van der Waals surface area contributed by atoms with Crippen LogP contribution in [0.5, 0.6) is 5.75 Å². The molecule has 0 fully saturated rings. The Hall–Kier alpha value is -3.22. The van der Waals surface area contributed by atoms with Gasteiger partial charge in [0, 0.05) is 17.4 Å². The zero-order valence-corrected chi connectivity index (χ0v) is 12.4. The number of nitrogens with zero attached hydrogens (tertiary/aromatic N) is 1. The summed E-state index contributed by atoms with van der Waals surface area (Å²) in [4.78, 5) is 12.4. The maximum Gasteiger partial charge on any atom is 0.387 e. The minimum absolute atomic E-state index is 0.0322. The smallest absolute Gasteiger partial charge is 0.387 e. The highest BCUT2D eigenvalue weighted by Crippen LogP contribution is 2.24. The zero-order chi connectivity index (χ0) is 16.9. The number of carbonyl (C=O) groups excluding carboxylic acids is 1. The van der Waals surface area contributed by atoms with Gasteiger partial charge in [-0.2, -0.15) is 13.9 Å². The molecular weight excluding hydrogens is 316 g/mol. The van der Waals surface area contributed by atoms with E-state index in [2.05, 4.69) is 20.3 Å². The highest BCUT2D eigenvalue weighted by atomic mass is 19.3. The third-order valence-electron chi connectivity index (χ3n) is 3.28. The molecular formula is C17H13F2N3O2. The number of alkyl halides is 2. The van der Waals surface area contributed by atoms with Gasteiger partial charge in [0.25, 0.3) is 5.91 Å². The summed E-state index contributed by atoms with van der Waals surface area (Å²) in [5.41, 5.74) is 2.19. The van der Waals surface area contributed by atoms with Crippen molar-refractivity contribution in [1.29, 1.82) is 0 Å². The molecule has 0 aliphatic carbocycles. The summed E-state index contributed by atoms with van der Waals surface area (Å²) in [5.74, 6) is -0.706. The average molecular weight is 329 g/mol. The minimum atomic E-state index is -3.00. The van der Waals surface area contributed by atoms with Crippen LogP contribution in [0.3, 0.4) is 0 Å². The van der Waals surface area contributed by atoms with E-state index in [1.165, 1.54) is 18.2 Å². The Balaban J connectivity index is 1.82. The summed E-state index contributed by atoms with van der Waals surface area (Å²) >= 11 is 0. The molecule has 0 radical (unpaired) electrons. The Bertz CT molecular complexity index is 835. The lowest BCUT2D eigenvalue weighted by Gasteiger charge is -2.11. The van der Waals surface area contributed by atoms with Crippen molar-refractivity contribution in [3.63, 3.8) is 0 Å². The fourth-order valence-electron chi connectivity index (χ4n) is 2.23. The largest absolute Gasteiger partial charge is 0.434 e. The van der Waals surface area contributed by atoms with Gasteiger partial charge < -0.3 is 10.1 Å². The van der Waals surface area contributed by atoms with E-state index in [-0.39, 0.29) is 11.3 Å². The highest BCUT2D eigenvalue weighted by molar-refractivity contribution is 6.06. The molecule has 1 heterocycles. The molecule has 24 heavy (non-hydrogen) atoms. The van der Waals surface area contributed by atoms with Gasteiger partial charge in [0.1, 0.15) is 5.75 Å². The number of nitrogens with one attached hydrogen (secondary N) is 2. The van der Waals surface area contributed by atoms with Crippen molar-refractivity contribution in [3.8, 4) is 17.0 Å². The Labute approximate surface area is 136 Å². The zero-order valence-electron chi connectivity index (χ0n) is 12.4. The molecule has 7 heteroatoms. The van der Waals surface area contributed by atoms with Gasteiger partial charge in [-0.1, -0.05) is 24.3 Å². The van der Waals surface area contributed by atoms with Crippen LogP contribution in [-0.2, 0) is 0 Å². The molecule has 1 amide bonds. The van der Waals surface area contributed by atoms with Crippen molar-refractivity contribution in [2.75, 3.05) is 5.32 Å². The Morgan fingerprint density at radius 1 is 1.12 bits per heavy atom. The van der Waals surface area contributed by atoms with Crippen LogP contribution in [0.4, 0.5) is 14.5 Å². The average Bonchev–Trinajstić information content (AvgIpc) is 3.09. The first-order chi connectivity index (χ1) is 11.6. The maximum absolute atomic E-state index is 12.4. The molecule has 0 aliphatic heterocycles. The van der Waals surface area contributed by atoms with Crippen molar-refractivity contribution < 1.29 is 18.3 Å². The molecule has 0 spiro atoms. The standard InChI is InChI=1S/C17H13F2N3O2/c18-17(19)24-15-7-2-1-6-13(15)16(23)21-12-5-3-4-11(10-12)14-8-9-20-22-14/h1-10,17H,(H,20,22)(H,21,23). The molecule has 1 aromatic heterocycles. The molecule has 2 N–H and O–H groups in total. The number of hydrogen-bond acceptors (Lipinski definition) is 3. The van der Waals surface area contributed by atoms with Crippen LogP contribution in [0.25, 0.3) is 11.3 Å². The predicted octanol–water partition coefficient (Wildman–Crippen LogP) is 3.93. The summed E-state index contributed by atoms with van der Waals surface area (Å²) in [7, 11) is 0. The third kappa shape index (κ3) is 3.57. The van der Waals surface area contributed by atoms with Gasteiger partial charge in [0.2, 0.25) is 0 Å². The van der Waals surface area contributed by atoms with Crippen LogP contribution in [0.1, 0.15) is 10.4 Å². The van der Waals surface area contributed by atoms with Gasteiger partial charge in [0.05, 0.1) is 11.3 Å². The molecule has 3 aromatic rings. The van der Waals surface area contributed by atoms with Crippen LogP contribution < -0.4 is 10.1 Å². The van der Waals surface area contributed by atoms with Gasteiger partial charge >= 0.3 is 6.61 Å². The second kappa shape index (κ2) is 6.91. The number of ether oxygens (including phenoxy) is 1. The quantitative estimate of drug-likeness (QED) is 0.745. The van der Waals surface area contributed by atoms with Crippen molar-refractivity contribution >= 4 is 11.6 Å². The number of halogens is 2. The Kier molecular flexibility index (Phi) is 4.51. The number of rotatable bonds is 5. The van der Waals surface area contributed by atoms with Crippen LogP contribution in [0, 0.1) is 0 Å². The Morgan fingerprint density at radius 2 is 1.96 bits per heavy atom. The van der Waals surface area contributed by atoms with E-state index in [9.17, 15) is 13.6 Å². The lowest BCUT2D eigenvalue weighted by Crippen LogP contribution is -2.15. The number of aromatic nitrogens is 2. The second-order valence-corrected chi connectivity index (χ2v) is 4.88. The van der Waals surface area contributed by atoms with Gasteiger partial charge in [0.15, 0.2) is 0 Å². The van der Waals surface area contributed by atoms with Gasteiger partial charge in [-0.05, 0) is 30.3 Å². The monoisotopic (exact) mass is 329 g/mol. The van der Waals surface area contributed by atoms with E-state index < -0.39 is 12.5 Å². The molecule has 0 unspecified atom stereocenters. The fourth-order valence-corrected chi connectivity index (χ4v) is 2.23. The number of anilines is 1. The van der Waals surface area contributed by atoms with E-state index in [0.717, 1.165) is 11.3 Å². The highest BCUT2D eigenvalue weighted by Gasteiger charge is 2.15. The van der Waals surface area contributed by atoms with Crippen molar-refractivity contribution in [1.82, 2.24) is 10.2 Å². The molecule has 0 saturated heterocycles. The lowest BCUT2D eigenvalue weighted by atomic mass is 10.1. The fraction of sp³-hybridized carbons (Fsp3) is 0.0588. The molecule has 0 bridgehead atoms. The van der Waals surface area contributed by atoms with E-state index in [1.807, 2.05) is 6.07 Å². The first-order valence-electron chi connectivity index (χ1n) is 7.08. The van der Waals surface area contributed by atoms with Gasteiger partial charge in [-0.15, -0.1) is 0 Å². The molecule has 0 atom stereocenters. The topological polar surface area (TPSA) is 67.0 Å². The number of carbonyl (C=O) groups is 1. The third-order valence-corrected chi connectivity index (χ3v) is 3.28. The lowest BCUT2D eigenvalue weighted by molar-refractivity contribution is -0.0501. The number of benzene rings is 2. The van der Waals surface area contributed by atoms with Gasteiger partial charge in [-0.3, -0.25) is 9.89 Å². The summed E-state index contributed by atoms with van der Waals surface area (Å²) < 4.78 is 29.3. The summed E-state index contributed by atoms with van der Waals surface area (Å²) in [6, 6.07) is 14.7. The first kappa shape index (κ1) is 15.7. The molecule has 122 valence electrons. The second-order valence-electron chi connectivity index (χ2n) is 4.88. The maximum atomic E-state index is 12.4. The number of hydrogen-bond donors (Lipinski definition) is 2. The van der Waals surface area contributed by atoms with Crippen LogP contribution in [0.15, 0.2) is 60.8 Å². The summed E-state index contributed by atoms with van der Waals surface area (Å²) in [5, 5.41) is 9.38. The molecule has 0 saturated carbocycles.